The summed E-state index contributed by atoms with van der Waals surface area (Å²) in [7, 11) is 0. The fraction of sp³-hybridized carbons (Fsp3) is 0.417. The van der Waals surface area contributed by atoms with E-state index in [0.717, 1.165) is 5.56 Å². The Morgan fingerprint density at radius 2 is 2.12 bits per heavy atom. The highest BCUT2D eigenvalue weighted by molar-refractivity contribution is 5.71. The molecule has 4 nitrogen and oxygen atoms in total. The molecule has 0 bridgehead atoms. The van der Waals surface area contributed by atoms with Crippen molar-refractivity contribution in [1.29, 1.82) is 0 Å². The van der Waals surface area contributed by atoms with Crippen LogP contribution in [0.15, 0.2) is 24.3 Å². The van der Waals surface area contributed by atoms with Gasteiger partial charge < -0.3 is 10.5 Å². The molecule has 0 aromatic heterocycles. The molecule has 2 rings (SSSR count). The van der Waals surface area contributed by atoms with Crippen molar-refractivity contribution in [2.75, 3.05) is 12.3 Å². The molecule has 0 aliphatic carbocycles. The number of carbonyl (C=O) groups excluding carboxylic acids is 1. The predicted octanol–water partition coefficient (Wildman–Crippen LogP) is 2.17. The maximum absolute atomic E-state index is 11.6. The molecule has 0 radical (unpaired) electrons. The number of cyclic esters (lactones) is 1. The Morgan fingerprint density at radius 1 is 1.44 bits per heavy atom. The standard InChI is InChI=1S/C12H16N2O2/c1-8(2)14-11(7-16-12(14)15)9-5-3-4-6-10(9)13/h3-6,8,11H,7,13H2,1-2H3. The summed E-state index contributed by atoms with van der Waals surface area (Å²) in [4.78, 5) is 13.3. The molecule has 0 spiro atoms. The van der Waals surface area contributed by atoms with E-state index in [9.17, 15) is 4.79 Å². The number of nitrogens with zero attached hydrogens (tertiary/aromatic N) is 1. The second kappa shape index (κ2) is 4.04. The van der Waals surface area contributed by atoms with Crippen LogP contribution < -0.4 is 5.73 Å². The van der Waals surface area contributed by atoms with Gasteiger partial charge in [0, 0.05) is 17.3 Å². The molecule has 1 aromatic carbocycles. The molecule has 1 atom stereocenters. The molecule has 4 heteroatoms. The van der Waals surface area contributed by atoms with Crippen molar-refractivity contribution >= 4 is 11.8 Å². The number of anilines is 1. The molecule has 1 fully saturated rings. The van der Waals surface area contributed by atoms with Crippen molar-refractivity contribution in [2.24, 2.45) is 0 Å². The summed E-state index contributed by atoms with van der Waals surface area (Å²) >= 11 is 0. The first kappa shape index (κ1) is 10.8. The van der Waals surface area contributed by atoms with Gasteiger partial charge in [-0.2, -0.15) is 0 Å². The average Bonchev–Trinajstić information content (AvgIpc) is 2.61. The van der Waals surface area contributed by atoms with Gasteiger partial charge in [-0.05, 0) is 19.9 Å². The van der Waals surface area contributed by atoms with Crippen LogP contribution >= 0.6 is 0 Å². The van der Waals surface area contributed by atoms with Crippen LogP contribution in [0.1, 0.15) is 25.5 Å². The minimum atomic E-state index is -0.261. The summed E-state index contributed by atoms with van der Waals surface area (Å²) in [5.41, 5.74) is 7.58. The molecule has 1 heterocycles. The zero-order valence-electron chi connectivity index (χ0n) is 9.51. The first-order valence-electron chi connectivity index (χ1n) is 5.40. The first-order chi connectivity index (χ1) is 7.61. The Labute approximate surface area is 95.0 Å². The van der Waals surface area contributed by atoms with E-state index in [0.29, 0.717) is 12.3 Å². The molecule has 1 aliphatic heterocycles. The molecule has 1 aromatic rings. The Bertz CT molecular complexity index is 404. The highest BCUT2D eigenvalue weighted by Crippen LogP contribution is 2.32. The average molecular weight is 220 g/mol. The lowest BCUT2D eigenvalue weighted by Crippen LogP contribution is -2.34. The molecular weight excluding hydrogens is 204 g/mol. The molecule has 16 heavy (non-hydrogen) atoms. The number of hydrogen-bond donors (Lipinski definition) is 1. The van der Waals surface area contributed by atoms with Gasteiger partial charge in [0.2, 0.25) is 0 Å². The van der Waals surface area contributed by atoms with Crippen LogP contribution in [0.2, 0.25) is 0 Å². The van der Waals surface area contributed by atoms with Crippen LogP contribution in [-0.2, 0) is 4.74 Å². The van der Waals surface area contributed by atoms with Crippen molar-refractivity contribution in [3.8, 4) is 0 Å². The van der Waals surface area contributed by atoms with E-state index in [-0.39, 0.29) is 18.2 Å². The highest BCUT2D eigenvalue weighted by Gasteiger charge is 2.36. The molecule has 1 amide bonds. The summed E-state index contributed by atoms with van der Waals surface area (Å²) in [5.74, 6) is 0. The second-order valence-corrected chi connectivity index (χ2v) is 4.22. The number of ether oxygens (including phenoxy) is 1. The van der Waals surface area contributed by atoms with E-state index in [2.05, 4.69) is 0 Å². The molecule has 2 N–H and O–H groups in total. The number of nitrogens with two attached hydrogens (primary N) is 1. The van der Waals surface area contributed by atoms with Crippen LogP contribution in [-0.4, -0.2) is 23.6 Å². The predicted molar refractivity (Wildman–Crippen MR) is 61.9 cm³/mol. The first-order valence-corrected chi connectivity index (χ1v) is 5.40. The van der Waals surface area contributed by atoms with Gasteiger partial charge in [-0.3, -0.25) is 4.90 Å². The van der Waals surface area contributed by atoms with Crippen molar-refractivity contribution in [1.82, 2.24) is 4.90 Å². The summed E-state index contributed by atoms with van der Waals surface area (Å²) < 4.78 is 5.08. The van der Waals surface area contributed by atoms with Gasteiger partial charge in [0.25, 0.3) is 0 Å². The third-order valence-corrected chi connectivity index (χ3v) is 2.82. The Kier molecular flexibility index (Phi) is 2.73. The maximum atomic E-state index is 11.6. The fourth-order valence-corrected chi connectivity index (χ4v) is 2.06. The topological polar surface area (TPSA) is 55.6 Å². The zero-order chi connectivity index (χ0) is 11.7. The number of carbonyl (C=O) groups is 1. The number of rotatable bonds is 2. The summed E-state index contributed by atoms with van der Waals surface area (Å²) in [6.45, 7) is 4.32. The Balaban J connectivity index is 2.34. The zero-order valence-corrected chi connectivity index (χ0v) is 9.51. The molecule has 1 unspecified atom stereocenters. The molecule has 86 valence electrons. The van der Waals surface area contributed by atoms with Crippen molar-refractivity contribution in [3.05, 3.63) is 29.8 Å². The van der Waals surface area contributed by atoms with Gasteiger partial charge in [-0.25, -0.2) is 4.79 Å². The molecule has 0 saturated carbocycles. The largest absolute Gasteiger partial charge is 0.447 e. The van der Waals surface area contributed by atoms with Crippen LogP contribution in [0.25, 0.3) is 0 Å². The van der Waals surface area contributed by atoms with Crippen LogP contribution in [0.5, 0.6) is 0 Å². The van der Waals surface area contributed by atoms with Gasteiger partial charge >= 0.3 is 6.09 Å². The van der Waals surface area contributed by atoms with Crippen LogP contribution in [0, 0.1) is 0 Å². The summed E-state index contributed by atoms with van der Waals surface area (Å²) in [6, 6.07) is 7.64. The molecule has 1 aliphatic rings. The van der Waals surface area contributed by atoms with E-state index in [1.807, 2.05) is 38.1 Å². The van der Waals surface area contributed by atoms with Gasteiger partial charge in [0.15, 0.2) is 0 Å². The van der Waals surface area contributed by atoms with Gasteiger partial charge in [-0.1, -0.05) is 18.2 Å². The number of nitrogen functional groups attached to an aromatic ring is 1. The third kappa shape index (κ3) is 1.71. The van der Waals surface area contributed by atoms with Crippen molar-refractivity contribution in [3.63, 3.8) is 0 Å². The number of para-hydroxylation sites is 1. The highest BCUT2D eigenvalue weighted by atomic mass is 16.6. The minimum absolute atomic E-state index is 0.0614. The Morgan fingerprint density at radius 3 is 2.75 bits per heavy atom. The quantitative estimate of drug-likeness (QED) is 0.777. The van der Waals surface area contributed by atoms with E-state index in [1.165, 1.54) is 0 Å². The normalized spacial score (nSPS) is 20.3. The molecule has 1 saturated heterocycles. The maximum Gasteiger partial charge on any atom is 0.410 e. The SMILES string of the molecule is CC(C)N1C(=O)OCC1c1ccccc1N. The van der Waals surface area contributed by atoms with Gasteiger partial charge in [0.1, 0.15) is 6.61 Å². The van der Waals surface area contributed by atoms with Crippen molar-refractivity contribution in [2.45, 2.75) is 25.9 Å². The third-order valence-electron chi connectivity index (χ3n) is 2.82. The number of hydrogen-bond acceptors (Lipinski definition) is 3. The molecular formula is C12H16N2O2. The van der Waals surface area contributed by atoms with Crippen LogP contribution in [0.3, 0.4) is 0 Å². The van der Waals surface area contributed by atoms with E-state index in [1.54, 1.807) is 4.90 Å². The van der Waals surface area contributed by atoms with Crippen molar-refractivity contribution < 1.29 is 9.53 Å². The van der Waals surface area contributed by atoms with Gasteiger partial charge in [0.05, 0.1) is 6.04 Å². The number of amides is 1. The van der Waals surface area contributed by atoms with E-state index >= 15 is 0 Å². The van der Waals surface area contributed by atoms with Gasteiger partial charge in [-0.15, -0.1) is 0 Å². The lowest BCUT2D eigenvalue weighted by molar-refractivity contribution is 0.149. The number of benzene rings is 1. The summed E-state index contributed by atoms with van der Waals surface area (Å²) in [5, 5.41) is 0. The minimum Gasteiger partial charge on any atom is -0.447 e. The lowest BCUT2D eigenvalue weighted by atomic mass is 10.0. The second-order valence-electron chi connectivity index (χ2n) is 4.22. The monoisotopic (exact) mass is 220 g/mol. The van der Waals surface area contributed by atoms with E-state index < -0.39 is 0 Å². The smallest absolute Gasteiger partial charge is 0.410 e. The fourth-order valence-electron chi connectivity index (χ4n) is 2.06. The summed E-state index contributed by atoms with van der Waals surface area (Å²) in [6.07, 6.45) is -0.261. The Hall–Kier alpha value is -1.71. The van der Waals surface area contributed by atoms with Crippen LogP contribution in [0.4, 0.5) is 10.5 Å². The lowest BCUT2D eigenvalue weighted by Gasteiger charge is -2.26. The van der Waals surface area contributed by atoms with E-state index in [4.69, 9.17) is 10.5 Å².